The summed E-state index contributed by atoms with van der Waals surface area (Å²) in [5.74, 6) is 0. The molecule has 0 saturated heterocycles. The monoisotopic (exact) mass is 99.9 g/mol. The van der Waals surface area contributed by atoms with Gasteiger partial charge in [-0.1, -0.05) is 4.54 Å². The van der Waals surface area contributed by atoms with Crippen LogP contribution in [0, 0.1) is 0 Å². The third kappa shape index (κ3) is 18.4. The summed E-state index contributed by atoms with van der Waals surface area (Å²) in [7, 11) is 9.17. The molecule has 0 spiro atoms. The average Bonchev–Trinajstić information content (AvgIpc) is 0.811. The van der Waals surface area contributed by atoms with Gasteiger partial charge in [-0.2, -0.15) is 0 Å². The van der Waals surface area contributed by atoms with Crippen LogP contribution in [0.3, 0.4) is 0 Å². The molecule has 4 heavy (non-hydrogen) atoms. The first-order chi connectivity index (χ1) is 1.73. The Morgan fingerprint density at radius 3 is 1.50 bits per heavy atom. The minimum atomic E-state index is 0.833. The molecule has 0 N–H and O–H groups in total. The van der Waals surface area contributed by atoms with Gasteiger partial charge in [-0.25, -0.2) is 0 Å². The number of hydrogen-bond acceptors (Lipinski definition) is 0. The van der Waals surface area contributed by atoms with E-state index < -0.39 is 0 Å². The first-order valence-electron chi connectivity index (χ1n) is 0.750. The van der Waals surface area contributed by atoms with Crippen molar-refractivity contribution in [3.05, 3.63) is 0 Å². The molecule has 0 heterocycles. The SMILES string of the molecule is [Si]C([Si])=P. The molecule has 18 valence electrons. The minimum Gasteiger partial charge on any atom is -0.133 e. The van der Waals surface area contributed by atoms with Gasteiger partial charge in [0.1, 0.15) is 0 Å². The van der Waals surface area contributed by atoms with Gasteiger partial charge in [-0.05, 0) is 0 Å². The van der Waals surface area contributed by atoms with Crippen molar-refractivity contribution in [3.63, 3.8) is 0 Å². The van der Waals surface area contributed by atoms with Crippen LogP contribution in [0.4, 0.5) is 0 Å². The fraction of sp³-hybridized carbons (Fsp3) is 0. The molecule has 0 atom stereocenters. The molecule has 3 heteroatoms. The lowest BCUT2D eigenvalue weighted by Crippen LogP contribution is -1.84. The molecule has 0 aromatic rings. The lowest BCUT2D eigenvalue weighted by Gasteiger charge is -1.61. The molecular formula is CHPSi2. The molecule has 0 aliphatic heterocycles. The Morgan fingerprint density at radius 1 is 1.50 bits per heavy atom. The zero-order chi connectivity index (χ0) is 3.58. The molecule has 0 bridgehead atoms. The Kier molecular flexibility index (Phi) is 2.17. The Morgan fingerprint density at radius 2 is 1.50 bits per heavy atom. The zero-order valence-electron chi connectivity index (χ0n) is 2.00. The van der Waals surface area contributed by atoms with E-state index in [1.807, 2.05) is 0 Å². The van der Waals surface area contributed by atoms with Gasteiger partial charge in [0.2, 0.25) is 0 Å². The lowest BCUT2D eigenvalue weighted by atomic mass is 11.9. The van der Waals surface area contributed by atoms with Crippen molar-refractivity contribution in [2.24, 2.45) is 0 Å². The maximum Gasteiger partial charge on any atom is 0.0639 e. The van der Waals surface area contributed by atoms with Crippen LogP contribution < -0.4 is 0 Å². The molecular weight excluding hydrogens is 99.2 g/mol. The number of hydrogen-bond donors (Lipinski definition) is 0. The standard InChI is InChI=1S/CHPSi2/c2-1(3)4/h2H. The molecule has 0 aromatic carbocycles. The largest absolute Gasteiger partial charge is 0.133 e. The van der Waals surface area contributed by atoms with Gasteiger partial charge in [0.05, 0.1) is 20.5 Å². The van der Waals surface area contributed by atoms with Crippen LogP contribution >= 0.6 is 8.86 Å². The van der Waals surface area contributed by atoms with Crippen molar-refractivity contribution in [1.82, 2.24) is 0 Å². The van der Waals surface area contributed by atoms with Gasteiger partial charge >= 0.3 is 0 Å². The van der Waals surface area contributed by atoms with Crippen molar-refractivity contribution in [1.29, 1.82) is 0 Å². The summed E-state index contributed by atoms with van der Waals surface area (Å²) in [5.41, 5.74) is 0. The molecule has 0 aliphatic rings. The van der Waals surface area contributed by atoms with Crippen LogP contribution in [0.25, 0.3) is 0 Å². The van der Waals surface area contributed by atoms with Crippen molar-refractivity contribution in [2.75, 3.05) is 0 Å². The maximum atomic E-state index is 3.06. The number of rotatable bonds is 0. The van der Waals surface area contributed by atoms with Gasteiger partial charge in [-0.3, -0.25) is 0 Å². The summed E-state index contributed by atoms with van der Waals surface area (Å²) < 4.78 is 0.833. The van der Waals surface area contributed by atoms with E-state index in [2.05, 4.69) is 29.3 Å². The van der Waals surface area contributed by atoms with Crippen molar-refractivity contribution < 1.29 is 0 Å². The zero-order valence-corrected chi connectivity index (χ0v) is 5.00. The lowest BCUT2D eigenvalue weighted by molar-refractivity contribution is 3.82. The molecule has 0 amide bonds. The predicted molar refractivity (Wildman–Crippen MR) is 24.8 cm³/mol. The molecule has 0 unspecified atom stereocenters. The van der Waals surface area contributed by atoms with Gasteiger partial charge in [0.25, 0.3) is 0 Å². The third-order valence-corrected chi connectivity index (χ3v) is 0. The van der Waals surface area contributed by atoms with Crippen LogP contribution in [-0.2, 0) is 0 Å². The first-order valence-corrected chi connectivity index (χ1v) is 2.25. The van der Waals surface area contributed by atoms with E-state index in [1.54, 1.807) is 0 Å². The fourth-order valence-corrected chi connectivity index (χ4v) is 0. The van der Waals surface area contributed by atoms with Crippen molar-refractivity contribution in [2.45, 2.75) is 0 Å². The van der Waals surface area contributed by atoms with Gasteiger partial charge < -0.3 is 0 Å². The second-order valence-corrected chi connectivity index (χ2v) is 3.38. The summed E-state index contributed by atoms with van der Waals surface area (Å²) >= 11 is 0. The quantitative estimate of drug-likeness (QED) is 0.286. The van der Waals surface area contributed by atoms with Crippen LogP contribution in [-0.4, -0.2) is 25.0 Å². The van der Waals surface area contributed by atoms with E-state index in [0.717, 1.165) is 4.54 Å². The molecule has 0 nitrogen and oxygen atoms in total. The molecule has 0 rings (SSSR count). The summed E-state index contributed by atoms with van der Waals surface area (Å²) in [6.45, 7) is 0. The first kappa shape index (κ1) is 4.60. The molecule has 0 fully saturated rings. The Bertz CT molecular complexity index is 29.0. The van der Waals surface area contributed by atoms with Crippen LogP contribution in [0.5, 0.6) is 0 Å². The predicted octanol–water partition coefficient (Wildman–Crippen LogP) is -0.446. The van der Waals surface area contributed by atoms with E-state index in [1.165, 1.54) is 0 Å². The second-order valence-electron chi connectivity index (χ2n) is 0.375. The highest BCUT2D eigenvalue weighted by atomic mass is 31.0. The molecule has 0 aliphatic carbocycles. The normalized spacial score (nSPS) is 6.50. The Hall–Kier alpha value is 0.604. The van der Waals surface area contributed by atoms with E-state index in [4.69, 9.17) is 0 Å². The maximum absolute atomic E-state index is 3.06. The Labute approximate surface area is 34.7 Å². The molecule has 0 saturated carbocycles. The van der Waals surface area contributed by atoms with Crippen LogP contribution in [0.1, 0.15) is 0 Å². The summed E-state index contributed by atoms with van der Waals surface area (Å²) in [5, 5.41) is 0. The van der Waals surface area contributed by atoms with E-state index in [9.17, 15) is 0 Å². The van der Waals surface area contributed by atoms with Crippen LogP contribution in [0.15, 0.2) is 0 Å². The van der Waals surface area contributed by atoms with E-state index >= 15 is 0 Å². The highest BCUT2D eigenvalue weighted by molar-refractivity contribution is 7.37. The Balaban J connectivity index is 2.80. The average molecular weight is 100 g/mol. The van der Waals surface area contributed by atoms with E-state index in [0.29, 0.717) is 0 Å². The third-order valence-electron chi connectivity index (χ3n) is 0. The fourth-order valence-electron chi connectivity index (χ4n) is 0. The van der Waals surface area contributed by atoms with Gasteiger partial charge in [-0.15, -0.1) is 8.86 Å². The summed E-state index contributed by atoms with van der Waals surface area (Å²) in [6.07, 6.45) is 0. The molecule has 6 radical (unpaired) electrons. The highest BCUT2D eigenvalue weighted by Crippen LogP contribution is 1.53. The topological polar surface area (TPSA) is 0 Å². The van der Waals surface area contributed by atoms with Crippen LogP contribution in [0.2, 0.25) is 0 Å². The molecule has 0 aromatic heterocycles. The smallest absolute Gasteiger partial charge is 0.0639 e. The second kappa shape index (κ2) is 1.88. The van der Waals surface area contributed by atoms with Gasteiger partial charge in [0, 0.05) is 0 Å². The van der Waals surface area contributed by atoms with Crippen molar-refractivity contribution in [3.8, 4) is 0 Å². The van der Waals surface area contributed by atoms with E-state index in [-0.39, 0.29) is 0 Å². The minimum absolute atomic E-state index is 0.833. The summed E-state index contributed by atoms with van der Waals surface area (Å²) in [6, 6.07) is 0. The highest BCUT2D eigenvalue weighted by Gasteiger charge is 1.55. The summed E-state index contributed by atoms with van der Waals surface area (Å²) in [4.78, 5) is 0. The van der Waals surface area contributed by atoms with Crippen molar-refractivity contribution >= 4 is 33.9 Å². The van der Waals surface area contributed by atoms with Gasteiger partial charge in [0.15, 0.2) is 0 Å².